The summed E-state index contributed by atoms with van der Waals surface area (Å²) in [4.78, 5) is 13.6. The SMILES string of the molecule is CC(CC1CCCCN1)N1CCC(C(N)=O)C1. The van der Waals surface area contributed by atoms with Crippen molar-refractivity contribution in [2.75, 3.05) is 19.6 Å². The van der Waals surface area contributed by atoms with Crippen molar-refractivity contribution in [1.29, 1.82) is 0 Å². The summed E-state index contributed by atoms with van der Waals surface area (Å²) in [7, 11) is 0. The van der Waals surface area contributed by atoms with E-state index in [-0.39, 0.29) is 11.8 Å². The van der Waals surface area contributed by atoms with Crippen LogP contribution in [-0.4, -0.2) is 42.5 Å². The average molecular weight is 239 g/mol. The molecule has 2 heterocycles. The fourth-order valence-electron chi connectivity index (χ4n) is 3.11. The second-order valence-electron chi connectivity index (χ2n) is 5.61. The molecule has 4 heteroatoms. The zero-order valence-electron chi connectivity index (χ0n) is 10.8. The number of likely N-dealkylation sites (tertiary alicyclic amines) is 1. The van der Waals surface area contributed by atoms with Crippen LogP contribution >= 0.6 is 0 Å². The molecule has 0 aromatic rings. The van der Waals surface area contributed by atoms with Crippen molar-refractivity contribution in [2.24, 2.45) is 11.7 Å². The molecule has 2 rings (SSSR count). The van der Waals surface area contributed by atoms with Crippen LogP contribution in [0.1, 0.15) is 39.0 Å². The number of nitrogens with two attached hydrogens (primary N) is 1. The van der Waals surface area contributed by atoms with Gasteiger partial charge in [0, 0.05) is 18.6 Å². The van der Waals surface area contributed by atoms with E-state index in [1.54, 1.807) is 0 Å². The van der Waals surface area contributed by atoms with Gasteiger partial charge in [-0.15, -0.1) is 0 Å². The number of amides is 1. The maximum atomic E-state index is 11.1. The zero-order chi connectivity index (χ0) is 12.3. The van der Waals surface area contributed by atoms with E-state index in [9.17, 15) is 4.79 Å². The lowest BCUT2D eigenvalue weighted by Gasteiger charge is -2.30. The molecule has 0 radical (unpaired) electrons. The summed E-state index contributed by atoms with van der Waals surface area (Å²) in [5.41, 5.74) is 5.37. The van der Waals surface area contributed by atoms with Crippen LogP contribution in [-0.2, 0) is 4.79 Å². The highest BCUT2D eigenvalue weighted by Crippen LogP contribution is 2.22. The molecule has 3 N–H and O–H groups in total. The molecule has 2 saturated heterocycles. The number of primary amides is 1. The fourth-order valence-corrected chi connectivity index (χ4v) is 3.11. The Balaban J connectivity index is 1.76. The predicted octanol–water partition coefficient (Wildman–Crippen LogP) is 0.714. The Morgan fingerprint density at radius 1 is 1.47 bits per heavy atom. The lowest BCUT2D eigenvalue weighted by molar-refractivity contribution is -0.121. The zero-order valence-corrected chi connectivity index (χ0v) is 10.8. The molecule has 4 nitrogen and oxygen atoms in total. The lowest BCUT2D eigenvalue weighted by atomic mass is 9.98. The Labute approximate surface area is 104 Å². The number of piperidine rings is 1. The maximum absolute atomic E-state index is 11.1. The van der Waals surface area contributed by atoms with Crippen molar-refractivity contribution in [3.8, 4) is 0 Å². The van der Waals surface area contributed by atoms with E-state index in [0.717, 1.165) is 19.5 Å². The number of nitrogens with one attached hydrogen (secondary N) is 1. The normalized spacial score (nSPS) is 32.5. The van der Waals surface area contributed by atoms with Gasteiger partial charge in [0.2, 0.25) is 5.91 Å². The average Bonchev–Trinajstić information content (AvgIpc) is 2.79. The second kappa shape index (κ2) is 5.83. The Kier molecular flexibility index (Phi) is 4.40. The summed E-state index contributed by atoms with van der Waals surface area (Å²) >= 11 is 0. The Hall–Kier alpha value is -0.610. The van der Waals surface area contributed by atoms with Gasteiger partial charge in [0.25, 0.3) is 0 Å². The van der Waals surface area contributed by atoms with Gasteiger partial charge in [-0.1, -0.05) is 6.42 Å². The van der Waals surface area contributed by atoms with Crippen LogP contribution in [0.4, 0.5) is 0 Å². The number of hydrogen-bond donors (Lipinski definition) is 2. The highest BCUT2D eigenvalue weighted by molar-refractivity contribution is 5.77. The first-order valence-electron chi connectivity index (χ1n) is 6.93. The molecule has 0 aliphatic carbocycles. The van der Waals surface area contributed by atoms with E-state index in [2.05, 4.69) is 17.1 Å². The third kappa shape index (κ3) is 3.42. The summed E-state index contributed by atoms with van der Waals surface area (Å²) in [5.74, 6) is -0.0488. The monoisotopic (exact) mass is 239 g/mol. The molecule has 3 atom stereocenters. The van der Waals surface area contributed by atoms with E-state index in [4.69, 9.17) is 5.73 Å². The minimum absolute atomic E-state index is 0.0803. The van der Waals surface area contributed by atoms with E-state index in [1.807, 2.05) is 0 Å². The fraction of sp³-hybridized carbons (Fsp3) is 0.923. The molecule has 0 aromatic carbocycles. The largest absolute Gasteiger partial charge is 0.369 e. The topological polar surface area (TPSA) is 58.4 Å². The third-order valence-corrected chi connectivity index (χ3v) is 4.28. The quantitative estimate of drug-likeness (QED) is 0.760. The molecule has 0 aromatic heterocycles. The van der Waals surface area contributed by atoms with Crippen LogP contribution in [0.3, 0.4) is 0 Å². The molecule has 0 spiro atoms. The summed E-state index contributed by atoms with van der Waals surface area (Å²) < 4.78 is 0. The van der Waals surface area contributed by atoms with Gasteiger partial charge in [-0.3, -0.25) is 9.69 Å². The van der Waals surface area contributed by atoms with Crippen molar-refractivity contribution in [3.63, 3.8) is 0 Å². The Morgan fingerprint density at radius 3 is 2.88 bits per heavy atom. The Bertz CT molecular complexity index is 263. The predicted molar refractivity (Wildman–Crippen MR) is 68.6 cm³/mol. The number of carbonyl (C=O) groups excluding carboxylic acids is 1. The summed E-state index contributed by atoms with van der Waals surface area (Å²) in [6, 6.07) is 1.24. The summed E-state index contributed by atoms with van der Waals surface area (Å²) in [5, 5.41) is 3.59. The molecular weight excluding hydrogens is 214 g/mol. The Morgan fingerprint density at radius 2 is 2.29 bits per heavy atom. The molecule has 98 valence electrons. The van der Waals surface area contributed by atoms with Gasteiger partial charge in [-0.05, 0) is 45.7 Å². The minimum Gasteiger partial charge on any atom is -0.369 e. The summed E-state index contributed by atoms with van der Waals surface area (Å²) in [6.45, 7) is 5.34. The van der Waals surface area contributed by atoms with Crippen LogP contribution in [0.25, 0.3) is 0 Å². The van der Waals surface area contributed by atoms with Crippen molar-refractivity contribution in [1.82, 2.24) is 10.2 Å². The highest BCUT2D eigenvalue weighted by atomic mass is 16.1. The van der Waals surface area contributed by atoms with Crippen LogP contribution < -0.4 is 11.1 Å². The van der Waals surface area contributed by atoms with Gasteiger partial charge >= 0.3 is 0 Å². The lowest BCUT2D eigenvalue weighted by Crippen LogP contribution is -2.41. The van der Waals surface area contributed by atoms with E-state index in [1.165, 1.54) is 32.2 Å². The minimum atomic E-state index is -0.129. The molecule has 17 heavy (non-hydrogen) atoms. The van der Waals surface area contributed by atoms with Gasteiger partial charge in [0.1, 0.15) is 0 Å². The van der Waals surface area contributed by atoms with E-state index >= 15 is 0 Å². The molecule has 2 aliphatic heterocycles. The maximum Gasteiger partial charge on any atom is 0.221 e. The molecule has 1 amide bonds. The van der Waals surface area contributed by atoms with Crippen LogP contribution in [0.2, 0.25) is 0 Å². The van der Waals surface area contributed by atoms with Crippen LogP contribution in [0, 0.1) is 5.92 Å². The van der Waals surface area contributed by atoms with Gasteiger partial charge in [-0.25, -0.2) is 0 Å². The highest BCUT2D eigenvalue weighted by Gasteiger charge is 2.30. The number of hydrogen-bond acceptors (Lipinski definition) is 3. The molecular formula is C13H25N3O. The van der Waals surface area contributed by atoms with Crippen molar-refractivity contribution in [2.45, 2.75) is 51.1 Å². The number of rotatable bonds is 4. The van der Waals surface area contributed by atoms with Crippen LogP contribution in [0.5, 0.6) is 0 Å². The van der Waals surface area contributed by atoms with Crippen molar-refractivity contribution < 1.29 is 4.79 Å². The first-order valence-corrected chi connectivity index (χ1v) is 6.93. The molecule has 2 aliphatic rings. The van der Waals surface area contributed by atoms with Crippen molar-refractivity contribution in [3.05, 3.63) is 0 Å². The van der Waals surface area contributed by atoms with Gasteiger partial charge in [0.05, 0.1) is 5.92 Å². The molecule has 3 unspecified atom stereocenters. The smallest absolute Gasteiger partial charge is 0.221 e. The van der Waals surface area contributed by atoms with E-state index in [0.29, 0.717) is 12.1 Å². The van der Waals surface area contributed by atoms with Gasteiger partial charge in [0.15, 0.2) is 0 Å². The first-order chi connectivity index (χ1) is 8.16. The van der Waals surface area contributed by atoms with Gasteiger partial charge in [-0.2, -0.15) is 0 Å². The summed E-state index contributed by atoms with van der Waals surface area (Å²) in [6.07, 6.45) is 6.12. The van der Waals surface area contributed by atoms with Gasteiger partial charge < -0.3 is 11.1 Å². The molecule has 0 bridgehead atoms. The van der Waals surface area contributed by atoms with Crippen molar-refractivity contribution >= 4 is 5.91 Å². The number of nitrogens with zero attached hydrogens (tertiary/aromatic N) is 1. The van der Waals surface area contributed by atoms with Crippen LogP contribution in [0.15, 0.2) is 0 Å². The van der Waals surface area contributed by atoms with E-state index < -0.39 is 0 Å². The molecule has 0 saturated carbocycles. The first kappa shape index (κ1) is 12.8. The molecule has 2 fully saturated rings. The number of carbonyl (C=O) groups is 1. The third-order valence-electron chi connectivity index (χ3n) is 4.28. The second-order valence-corrected chi connectivity index (χ2v) is 5.61. The standard InChI is InChI=1S/C13H25N3O/c1-10(8-12-4-2-3-6-15-12)16-7-5-11(9-16)13(14)17/h10-12,15H,2-9H2,1H3,(H2,14,17).